The van der Waals surface area contributed by atoms with Crippen molar-refractivity contribution in [2.45, 2.75) is 13.0 Å². The van der Waals surface area contributed by atoms with Crippen LogP contribution in [-0.2, 0) is 17.8 Å². The summed E-state index contributed by atoms with van der Waals surface area (Å²) in [7, 11) is 1.99. The van der Waals surface area contributed by atoms with Gasteiger partial charge in [0, 0.05) is 18.0 Å². The minimum absolute atomic E-state index is 0.179. The third kappa shape index (κ3) is 2.50. The highest BCUT2D eigenvalue weighted by molar-refractivity contribution is 7.17. The smallest absolute Gasteiger partial charge is 0.339 e. The number of nitrogens with zero attached hydrogens (tertiary/aromatic N) is 1. The molecule has 1 amide bonds. The highest BCUT2D eigenvalue weighted by Crippen LogP contribution is 2.36. The standard InChI is InChI=1S/C11H13ClN2O3S/c1-14-3-2-6-7(5-14)18-10(9(6)11(16)17)13-8(15)4-12/h2-5H2,1H3,(H,13,15)(H,16,17). The van der Waals surface area contributed by atoms with Gasteiger partial charge in [0.15, 0.2) is 0 Å². The van der Waals surface area contributed by atoms with Crippen LogP contribution in [0.2, 0.25) is 0 Å². The average molecular weight is 289 g/mol. The van der Waals surface area contributed by atoms with Crippen LogP contribution in [0.5, 0.6) is 0 Å². The predicted octanol–water partition coefficient (Wildman–Crippen LogP) is 1.61. The highest BCUT2D eigenvalue weighted by atomic mass is 35.5. The molecule has 0 unspecified atom stereocenters. The van der Waals surface area contributed by atoms with E-state index in [-0.39, 0.29) is 17.4 Å². The number of likely N-dealkylation sites (N-methyl/N-ethyl adjacent to an activating group) is 1. The van der Waals surface area contributed by atoms with Crippen LogP contribution in [0, 0.1) is 0 Å². The number of hydrogen-bond acceptors (Lipinski definition) is 4. The van der Waals surface area contributed by atoms with Crippen LogP contribution in [0.15, 0.2) is 0 Å². The zero-order valence-corrected chi connectivity index (χ0v) is 11.4. The monoisotopic (exact) mass is 288 g/mol. The lowest BCUT2D eigenvalue weighted by atomic mass is 10.0. The van der Waals surface area contributed by atoms with Crippen molar-refractivity contribution in [2.75, 3.05) is 24.8 Å². The number of carbonyl (C=O) groups is 2. The molecule has 2 rings (SSSR count). The van der Waals surface area contributed by atoms with Gasteiger partial charge in [0.05, 0.1) is 5.56 Å². The first-order chi connectivity index (χ1) is 8.52. The van der Waals surface area contributed by atoms with Gasteiger partial charge in [0.1, 0.15) is 10.9 Å². The number of alkyl halides is 1. The van der Waals surface area contributed by atoms with Crippen LogP contribution < -0.4 is 5.32 Å². The van der Waals surface area contributed by atoms with Gasteiger partial charge in [-0.25, -0.2) is 4.79 Å². The number of anilines is 1. The van der Waals surface area contributed by atoms with E-state index in [1.807, 2.05) is 7.05 Å². The Bertz CT molecular complexity index is 501. The molecule has 98 valence electrons. The number of carboxylic acids is 1. The second-order valence-electron chi connectivity index (χ2n) is 4.18. The number of halogens is 1. The summed E-state index contributed by atoms with van der Waals surface area (Å²) >= 11 is 6.75. The number of carboxylic acid groups (broad SMARTS) is 1. The van der Waals surface area contributed by atoms with Gasteiger partial charge in [-0.05, 0) is 19.0 Å². The third-order valence-electron chi connectivity index (χ3n) is 2.84. The van der Waals surface area contributed by atoms with Crippen LogP contribution in [-0.4, -0.2) is 41.4 Å². The Labute approximate surface area is 113 Å². The maximum atomic E-state index is 11.3. The number of hydrogen-bond donors (Lipinski definition) is 2. The highest BCUT2D eigenvalue weighted by Gasteiger charge is 2.27. The zero-order chi connectivity index (χ0) is 13.3. The predicted molar refractivity (Wildman–Crippen MR) is 70.7 cm³/mol. The van der Waals surface area contributed by atoms with E-state index >= 15 is 0 Å². The summed E-state index contributed by atoms with van der Waals surface area (Å²) in [6.07, 6.45) is 0.695. The Morgan fingerprint density at radius 2 is 2.28 bits per heavy atom. The second-order valence-corrected chi connectivity index (χ2v) is 5.56. The molecule has 1 aromatic rings. The molecule has 7 heteroatoms. The molecule has 0 aromatic carbocycles. The molecule has 0 saturated carbocycles. The summed E-state index contributed by atoms with van der Waals surface area (Å²) < 4.78 is 0. The fourth-order valence-electron chi connectivity index (χ4n) is 2.01. The molecule has 1 aliphatic heterocycles. The summed E-state index contributed by atoms with van der Waals surface area (Å²) in [5, 5.41) is 12.2. The second kappa shape index (κ2) is 5.26. The lowest BCUT2D eigenvalue weighted by Crippen LogP contribution is -2.26. The van der Waals surface area contributed by atoms with Gasteiger partial charge in [-0.15, -0.1) is 22.9 Å². The SMILES string of the molecule is CN1CCc2c(sc(NC(=O)CCl)c2C(=O)O)C1. The Morgan fingerprint density at radius 1 is 1.56 bits per heavy atom. The van der Waals surface area contributed by atoms with E-state index < -0.39 is 5.97 Å². The van der Waals surface area contributed by atoms with Gasteiger partial charge in [-0.1, -0.05) is 0 Å². The van der Waals surface area contributed by atoms with E-state index in [9.17, 15) is 14.7 Å². The van der Waals surface area contributed by atoms with Crippen molar-refractivity contribution in [1.29, 1.82) is 0 Å². The molecule has 18 heavy (non-hydrogen) atoms. The molecule has 0 fully saturated rings. The molecule has 0 spiro atoms. The number of fused-ring (bicyclic) bond motifs is 1. The fraction of sp³-hybridized carbons (Fsp3) is 0.455. The van der Waals surface area contributed by atoms with E-state index in [1.165, 1.54) is 11.3 Å². The zero-order valence-electron chi connectivity index (χ0n) is 9.83. The first-order valence-electron chi connectivity index (χ1n) is 5.45. The van der Waals surface area contributed by atoms with E-state index in [1.54, 1.807) is 0 Å². The van der Waals surface area contributed by atoms with Gasteiger partial charge in [-0.2, -0.15) is 0 Å². The van der Waals surface area contributed by atoms with Crippen LogP contribution in [0.3, 0.4) is 0 Å². The maximum Gasteiger partial charge on any atom is 0.339 e. The summed E-state index contributed by atoms with van der Waals surface area (Å²) in [4.78, 5) is 25.7. The molecular weight excluding hydrogens is 276 g/mol. The van der Waals surface area contributed by atoms with E-state index in [4.69, 9.17) is 11.6 Å². The molecule has 0 radical (unpaired) electrons. The maximum absolute atomic E-state index is 11.3. The molecule has 1 aliphatic rings. The molecule has 5 nitrogen and oxygen atoms in total. The lowest BCUT2D eigenvalue weighted by molar-refractivity contribution is -0.113. The molecule has 2 N–H and O–H groups in total. The summed E-state index contributed by atoms with van der Waals surface area (Å²) in [5.41, 5.74) is 1.07. The Balaban J connectivity index is 2.40. The normalized spacial score (nSPS) is 15.2. The van der Waals surface area contributed by atoms with Crippen molar-refractivity contribution in [1.82, 2.24) is 4.90 Å². The van der Waals surface area contributed by atoms with E-state index in [0.717, 1.165) is 23.5 Å². The van der Waals surface area contributed by atoms with Crippen LogP contribution in [0.1, 0.15) is 20.8 Å². The van der Waals surface area contributed by atoms with Crippen molar-refractivity contribution in [3.8, 4) is 0 Å². The number of nitrogens with one attached hydrogen (secondary N) is 1. The summed E-state index contributed by atoms with van der Waals surface area (Å²) in [5.74, 6) is -1.56. The van der Waals surface area contributed by atoms with Crippen molar-refractivity contribution in [2.24, 2.45) is 0 Å². The van der Waals surface area contributed by atoms with Crippen molar-refractivity contribution >= 4 is 39.8 Å². The van der Waals surface area contributed by atoms with Gasteiger partial charge >= 0.3 is 5.97 Å². The Hall–Kier alpha value is -1.11. The largest absolute Gasteiger partial charge is 0.478 e. The molecule has 0 saturated heterocycles. The Kier molecular flexibility index (Phi) is 3.89. The van der Waals surface area contributed by atoms with Crippen LogP contribution in [0.25, 0.3) is 0 Å². The van der Waals surface area contributed by atoms with Crippen molar-refractivity contribution < 1.29 is 14.7 Å². The lowest BCUT2D eigenvalue weighted by Gasteiger charge is -2.22. The molecule has 1 aromatic heterocycles. The molecule has 0 aliphatic carbocycles. The van der Waals surface area contributed by atoms with Crippen LogP contribution >= 0.6 is 22.9 Å². The van der Waals surface area contributed by atoms with Gasteiger partial charge in [-0.3, -0.25) is 4.79 Å². The quantitative estimate of drug-likeness (QED) is 0.829. The first-order valence-corrected chi connectivity index (χ1v) is 6.80. The molecular formula is C11H13ClN2O3S. The molecule has 2 heterocycles. The summed E-state index contributed by atoms with van der Waals surface area (Å²) in [6, 6.07) is 0. The minimum Gasteiger partial charge on any atom is -0.478 e. The number of carbonyl (C=O) groups excluding carboxylic acids is 1. The minimum atomic E-state index is -0.998. The van der Waals surface area contributed by atoms with Crippen LogP contribution in [0.4, 0.5) is 5.00 Å². The van der Waals surface area contributed by atoms with Crippen molar-refractivity contribution in [3.05, 3.63) is 16.0 Å². The number of thiophene rings is 1. The van der Waals surface area contributed by atoms with E-state index in [0.29, 0.717) is 11.4 Å². The average Bonchev–Trinajstić information content (AvgIpc) is 2.65. The molecule has 0 atom stereocenters. The molecule has 0 bridgehead atoms. The number of aromatic carboxylic acids is 1. The Morgan fingerprint density at radius 3 is 2.89 bits per heavy atom. The topological polar surface area (TPSA) is 69.6 Å². The van der Waals surface area contributed by atoms with E-state index in [2.05, 4.69) is 10.2 Å². The van der Waals surface area contributed by atoms with Gasteiger partial charge in [0.25, 0.3) is 0 Å². The number of rotatable bonds is 3. The fourth-order valence-corrected chi connectivity index (χ4v) is 3.41. The van der Waals surface area contributed by atoms with Gasteiger partial charge < -0.3 is 15.3 Å². The number of amides is 1. The third-order valence-corrected chi connectivity index (χ3v) is 4.21. The summed E-state index contributed by atoms with van der Waals surface area (Å²) in [6.45, 7) is 1.55. The van der Waals surface area contributed by atoms with Gasteiger partial charge in [0.2, 0.25) is 5.91 Å². The first kappa shape index (κ1) is 13.3. The van der Waals surface area contributed by atoms with Crippen molar-refractivity contribution in [3.63, 3.8) is 0 Å².